The summed E-state index contributed by atoms with van der Waals surface area (Å²) in [5.74, 6) is 0. The van der Waals surface area contributed by atoms with E-state index in [4.69, 9.17) is 11.6 Å². The molecule has 0 aliphatic heterocycles. The highest BCUT2D eigenvalue weighted by atomic mass is 79.9. The predicted octanol–water partition coefficient (Wildman–Crippen LogP) is 4.00. The Labute approximate surface area is 89.5 Å². The fourth-order valence-electron chi connectivity index (χ4n) is 0.943. The normalized spacial score (nSPS) is 13.3. The molecule has 0 spiro atoms. The van der Waals surface area contributed by atoms with E-state index in [1.165, 1.54) is 11.3 Å². The minimum absolute atomic E-state index is 0.358. The van der Waals surface area contributed by atoms with E-state index in [1.54, 1.807) is 0 Å². The molecular formula is C8H10BrClOS. The van der Waals surface area contributed by atoms with Crippen molar-refractivity contribution in [2.75, 3.05) is 0 Å². The van der Waals surface area contributed by atoms with E-state index in [9.17, 15) is 5.11 Å². The van der Waals surface area contributed by atoms with E-state index in [-0.39, 0.29) is 6.10 Å². The van der Waals surface area contributed by atoms with Crippen LogP contribution in [0.25, 0.3) is 0 Å². The largest absolute Gasteiger partial charge is 0.388 e. The second-order valence-corrected chi connectivity index (χ2v) is 5.12. The van der Waals surface area contributed by atoms with Gasteiger partial charge in [-0.25, -0.2) is 0 Å². The molecule has 1 aromatic heterocycles. The van der Waals surface area contributed by atoms with Gasteiger partial charge in [-0.1, -0.05) is 24.9 Å². The second-order valence-electron chi connectivity index (χ2n) is 2.57. The lowest BCUT2D eigenvalue weighted by Crippen LogP contribution is -1.92. The minimum atomic E-state index is -0.358. The molecule has 0 aliphatic carbocycles. The molecule has 1 atom stereocenters. The first-order chi connectivity index (χ1) is 5.65. The molecule has 4 heteroatoms. The molecule has 0 aromatic carbocycles. The summed E-state index contributed by atoms with van der Waals surface area (Å²) in [4.78, 5) is 0.939. The summed E-state index contributed by atoms with van der Waals surface area (Å²) in [6, 6.07) is 1.88. The van der Waals surface area contributed by atoms with E-state index in [0.29, 0.717) is 4.34 Å². The standard InChI is InChI=1S/C8H10BrClOS/c1-2-3-6(11)7-4-5(9)8(10)12-7/h4,6,11H,2-3H2,1H3. The van der Waals surface area contributed by atoms with Crippen molar-refractivity contribution in [3.05, 3.63) is 19.8 Å². The van der Waals surface area contributed by atoms with Crippen molar-refractivity contribution >= 4 is 38.9 Å². The first-order valence-corrected chi connectivity index (χ1v) is 5.76. The molecule has 0 aliphatic rings. The van der Waals surface area contributed by atoms with Crippen LogP contribution in [0.5, 0.6) is 0 Å². The van der Waals surface area contributed by atoms with E-state index in [2.05, 4.69) is 15.9 Å². The van der Waals surface area contributed by atoms with Crippen LogP contribution in [-0.2, 0) is 0 Å². The van der Waals surface area contributed by atoms with Crippen LogP contribution >= 0.6 is 38.9 Å². The van der Waals surface area contributed by atoms with Crippen LogP contribution in [0.3, 0.4) is 0 Å². The Hall–Kier alpha value is 0.430. The highest BCUT2D eigenvalue weighted by molar-refractivity contribution is 9.10. The molecule has 0 bridgehead atoms. The molecule has 0 fully saturated rings. The van der Waals surface area contributed by atoms with Crippen molar-refractivity contribution in [2.24, 2.45) is 0 Å². The van der Waals surface area contributed by atoms with Gasteiger partial charge in [0.2, 0.25) is 0 Å². The summed E-state index contributed by atoms with van der Waals surface area (Å²) >= 11 is 10.6. The van der Waals surface area contributed by atoms with Crippen molar-refractivity contribution in [1.82, 2.24) is 0 Å². The summed E-state index contributed by atoms with van der Waals surface area (Å²) < 4.78 is 1.58. The van der Waals surface area contributed by atoms with E-state index < -0.39 is 0 Å². The zero-order valence-corrected chi connectivity index (χ0v) is 9.84. The topological polar surface area (TPSA) is 20.2 Å². The molecule has 1 nitrogen and oxygen atoms in total. The monoisotopic (exact) mass is 268 g/mol. The number of aliphatic hydroxyl groups excluding tert-OH is 1. The van der Waals surface area contributed by atoms with Crippen LogP contribution in [0.15, 0.2) is 10.5 Å². The van der Waals surface area contributed by atoms with Crippen molar-refractivity contribution in [3.8, 4) is 0 Å². The second kappa shape index (κ2) is 4.61. The van der Waals surface area contributed by atoms with Gasteiger partial charge in [-0.15, -0.1) is 11.3 Å². The van der Waals surface area contributed by atoms with Gasteiger partial charge in [0.15, 0.2) is 0 Å². The van der Waals surface area contributed by atoms with Crippen molar-refractivity contribution in [3.63, 3.8) is 0 Å². The fraction of sp³-hybridized carbons (Fsp3) is 0.500. The molecule has 1 N–H and O–H groups in total. The van der Waals surface area contributed by atoms with Crippen LogP contribution in [0, 0.1) is 0 Å². The number of hydrogen-bond acceptors (Lipinski definition) is 2. The summed E-state index contributed by atoms with van der Waals surface area (Å²) in [5, 5.41) is 9.59. The highest BCUT2D eigenvalue weighted by Crippen LogP contribution is 2.36. The van der Waals surface area contributed by atoms with E-state index in [1.807, 2.05) is 13.0 Å². The van der Waals surface area contributed by atoms with Crippen LogP contribution < -0.4 is 0 Å². The lowest BCUT2D eigenvalue weighted by Gasteiger charge is -2.04. The summed E-state index contributed by atoms with van der Waals surface area (Å²) in [6.45, 7) is 2.05. The molecule has 1 unspecified atom stereocenters. The maximum absolute atomic E-state index is 9.59. The lowest BCUT2D eigenvalue weighted by molar-refractivity contribution is 0.170. The van der Waals surface area contributed by atoms with Gasteiger partial charge >= 0.3 is 0 Å². The van der Waals surface area contributed by atoms with Gasteiger partial charge < -0.3 is 5.11 Å². The van der Waals surface area contributed by atoms with Crippen molar-refractivity contribution in [2.45, 2.75) is 25.9 Å². The zero-order chi connectivity index (χ0) is 9.14. The molecule has 0 saturated carbocycles. The van der Waals surface area contributed by atoms with Gasteiger partial charge in [0.05, 0.1) is 6.10 Å². The number of thiophene rings is 1. The van der Waals surface area contributed by atoms with Crippen molar-refractivity contribution in [1.29, 1.82) is 0 Å². The molecule has 1 aromatic rings. The Morgan fingerprint density at radius 2 is 2.42 bits per heavy atom. The Balaban J connectivity index is 2.74. The van der Waals surface area contributed by atoms with Crippen LogP contribution in [0.1, 0.15) is 30.7 Å². The molecule has 12 heavy (non-hydrogen) atoms. The average molecular weight is 270 g/mol. The van der Waals surface area contributed by atoms with Gasteiger partial charge in [-0.3, -0.25) is 0 Å². The first-order valence-electron chi connectivity index (χ1n) is 3.78. The molecule has 0 amide bonds. The third-order valence-corrected chi connectivity index (χ3v) is 4.13. The molecule has 1 heterocycles. The summed E-state index contributed by atoms with van der Waals surface area (Å²) in [7, 11) is 0. The van der Waals surface area contributed by atoms with Crippen LogP contribution in [-0.4, -0.2) is 5.11 Å². The lowest BCUT2D eigenvalue weighted by atomic mass is 10.2. The number of aliphatic hydroxyl groups is 1. The Bertz CT molecular complexity index is 242. The first kappa shape index (κ1) is 10.5. The smallest absolute Gasteiger partial charge is 0.107 e. The van der Waals surface area contributed by atoms with Gasteiger partial charge in [0, 0.05) is 9.35 Å². The van der Waals surface area contributed by atoms with E-state index in [0.717, 1.165) is 22.2 Å². The van der Waals surface area contributed by atoms with Gasteiger partial charge in [0.1, 0.15) is 4.34 Å². The molecule has 0 saturated heterocycles. The van der Waals surface area contributed by atoms with E-state index >= 15 is 0 Å². The van der Waals surface area contributed by atoms with Gasteiger partial charge in [0.25, 0.3) is 0 Å². The molecule has 1 rings (SSSR count). The summed E-state index contributed by atoms with van der Waals surface area (Å²) in [5.41, 5.74) is 0. The fourth-order valence-corrected chi connectivity index (χ4v) is 2.70. The average Bonchev–Trinajstić information content (AvgIpc) is 2.33. The maximum Gasteiger partial charge on any atom is 0.107 e. The maximum atomic E-state index is 9.59. The Morgan fingerprint density at radius 3 is 2.83 bits per heavy atom. The van der Waals surface area contributed by atoms with Gasteiger partial charge in [-0.2, -0.15) is 0 Å². The third-order valence-electron chi connectivity index (χ3n) is 1.55. The third kappa shape index (κ3) is 2.46. The summed E-state index contributed by atoms with van der Waals surface area (Å²) in [6.07, 6.45) is 1.42. The highest BCUT2D eigenvalue weighted by Gasteiger charge is 2.11. The molecular weight excluding hydrogens is 260 g/mol. The molecule has 68 valence electrons. The SMILES string of the molecule is CCCC(O)c1cc(Br)c(Cl)s1. The van der Waals surface area contributed by atoms with Crippen LogP contribution in [0.2, 0.25) is 4.34 Å². The zero-order valence-electron chi connectivity index (χ0n) is 6.68. The molecule has 0 radical (unpaired) electrons. The number of hydrogen-bond donors (Lipinski definition) is 1. The van der Waals surface area contributed by atoms with Crippen molar-refractivity contribution < 1.29 is 5.11 Å². The minimum Gasteiger partial charge on any atom is -0.388 e. The number of rotatable bonds is 3. The van der Waals surface area contributed by atoms with Crippen LogP contribution in [0.4, 0.5) is 0 Å². The number of halogens is 2. The van der Waals surface area contributed by atoms with Gasteiger partial charge in [-0.05, 0) is 28.4 Å². The Morgan fingerprint density at radius 1 is 1.75 bits per heavy atom. The quantitative estimate of drug-likeness (QED) is 0.879. The Kier molecular flexibility index (Phi) is 4.03. The predicted molar refractivity (Wildman–Crippen MR) is 56.9 cm³/mol.